The number of hydrogen-bond acceptors (Lipinski definition) is 3. The van der Waals surface area contributed by atoms with Crippen LogP contribution in [0.1, 0.15) is 36.5 Å². The van der Waals surface area contributed by atoms with Crippen molar-refractivity contribution in [1.82, 2.24) is 15.3 Å². The molecular formula is C16H19F2N3. The van der Waals surface area contributed by atoms with E-state index in [1.165, 1.54) is 18.2 Å². The van der Waals surface area contributed by atoms with Gasteiger partial charge in [-0.3, -0.25) is 0 Å². The van der Waals surface area contributed by atoms with E-state index in [-0.39, 0.29) is 18.0 Å². The fourth-order valence-corrected chi connectivity index (χ4v) is 2.20. The van der Waals surface area contributed by atoms with Crippen LogP contribution in [0.3, 0.4) is 0 Å². The van der Waals surface area contributed by atoms with Crippen molar-refractivity contribution in [1.29, 1.82) is 0 Å². The minimum Gasteiger partial charge on any atom is -0.308 e. The van der Waals surface area contributed by atoms with Crippen LogP contribution in [0.15, 0.2) is 30.5 Å². The van der Waals surface area contributed by atoms with Gasteiger partial charge in [-0.15, -0.1) is 0 Å². The van der Waals surface area contributed by atoms with Crippen molar-refractivity contribution in [3.05, 3.63) is 59.2 Å². The highest BCUT2D eigenvalue weighted by atomic mass is 19.1. The van der Waals surface area contributed by atoms with Gasteiger partial charge < -0.3 is 5.32 Å². The molecule has 1 atom stereocenters. The zero-order valence-electron chi connectivity index (χ0n) is 12.2. The molecule has 0 bridgehead atoms. The molecule has 1 unspecified atom stereocenters. The van der Waals surface area contributed by atoms with Crippen LogP contribution < -0.4 is 5.32 Å². The molecule has 2 rings (SSSR count). The number of rotatable bonds is 6. The molecule has 0 radical (unpaired) electrons. The summed E-state index contributed by atoms with van der Waals surface area (Å²) in [5.41, 5.74) is 0.834. The van der Waals surface area contributed by atoms with E-state index < -0.39 is 11.6 Å². The second kappa shape index (κ2) is 7.22. The number of nitrogens with zero attached hydrogens (tertiary/aromatic N) is 2. The lowest BCUT2D eigenvalue weighted by Gasteiger charge is -2.19. The second-order valence-corrected chi connectivity index (χ2v) is 4.94. The number of aromatic nitrogens is 2. The van der Waals surface area contributed by atoms with Gasteiger partial charge in [0.25, 0.3) is 0 Å². The summed E-state index contributed by atoms with van der Waals surface area (Å²) in [5, 5.41) is 3.29. The van der Waals surface area contributed by atoms with Gasteiger partial charge in [-0.2, -0.15) is 0 Å². The van der Waals surface area contributed by atoms with Crippen molar-refractivity contribution in [2.24, 2.45) is 0 Å². The van der Waals surface area contributed by atoms with E-state index in [1.807, 2.05) is 6.92 Å². The first-order valence-corrected chi connectivity index (χ1v) is 7.07. The lowest BCUT2D eigenvalue weighted by atomic mass is 10.0. The van der Waals surface area contributed by atoms with E-state index in [2.05, 4.69) is 15.3 Å². The molecule has 0 amide bonds. The standard InChI is InChI=1S/C16H19F2N3/c1-3-8-20-16(15-7-9-19-11(2)21-15)10-12-13(17)5-4-6-14(12)18/h4-7,9,16,20H,3,8,10H2,1-2H3. The molecule has 5 heteroatoms. The molecule has 0 saturated carbocycles. The number of halogens is 2. The van der Waals surface area contributed by atoms with Crippen LogP contribution in [0.2, 0.25) is 0 Å². The van der Waals surface area contributed by atoms with E-state index in [4.69, 9.17) is 0 Å². The molecule has 0 aliphatic rings. The van der Waals surface area contributed by atoms with Gasteiger partial charge in [-0.1, -0.05) is 13.0 Å². The predicted octanol–water partition coefficient (Wildman–Crippen LogP) is 3.35. The summed E-state index contributed by atoms with van der Waals surface area (Å²) in [6.45, 7) is 4.59. The molecule has 21 heavy (non-hydrogen) atoms. The third-order valence-corrected chi connectivity index (χ3v) is 3.27. The predicted molar refractivity (Wildman–Crippen MR) is 77.9 cm³/mol. The smallest absolute Gasteiger partial charge is 0.129 e. The minimum absolute atomic E-state index is 0.0855. The van der Waals surface area contributed by atoms with Gasteiger partial charge in [0.2, 0.25) is 0 Å². The summed E-state index contributed by atoms with van der Waals surface area (Å²) in [4.78, 5) is 8.42. The van der Waals surface area contributed by atoms with Crippen molar-refractivity contribution in [2.75, 3.05) is 6.54 Å². The molecule has 2 aromatic rings. The quantitative estimate of drug-likeness (QED) is 0.887. The molecule has 1 heterocycles. The maximum Gasteiger partial charge on any atom is 0.129 e. The van der Waals surface area contributed by atoms with Crippen LogP contribution in [-0.4, -0.2) is 16.5 Å². The molecule has 1 aromatic carbocycles. The highest BCUT2D eigenvalue weighted by molar-refractivity contribution is 5.23. The van der Waals surface area contributed by atoms with Crippen molar-refractivity contribution in [3.8, 4) is 0 Å². The molecule has 1 aromatic heterocycles. The van der Waals surface area contributed by atoms with Crippen molar-refractivity contribution < 1.29 is 8.78 Å². The van der Waals surface area contributed by atoms with E-state index >= 15 is 0 Å². The van der Waals surface area contributed by atoms with Crippen molar-refractivity contribution in [2.45, 2.75) is 32.7 Å². The Balaban J connectivity index is 2.28. The number of benzene rings is 1. The van der Waals surface area contributed by atoms with E-state index in [9.17, 15) is 8.78 Å². The Bertz CT molecular complexity index is 582. The van der Waals surface area contributed by atoms with E-state index in [0.29, 0.717) is 5.82 Å². The normalized spacial score (nSPS) is 12.4. The topological polar surface area (TPSA) is 37.8 Å². The highest BCUT2D eigenvalue weighted by Gasteiger charge is 2.18. The molecule has 1 N–H and O–H groups in total. The summed E-state index contributed by atoms with van der Waals surface area (Å²) in [6.07, 6.45) is 2.81. The average molecular weight is 291 g/mol. The fourth-order valence-electron chi connectivity index (χ4n) is 2.20. The SMILES string of the molecule is CCCNC(Cc1c(F)cccc1F)c1ccnc(C)n1. The second-order valence-electron chi connectivity index (χ2n) is 4.94. The maximum atomic E-state index is 13.8. The maximum absolute atomic E-state index is 13.8. The average Bonchev–Trinajstić information content (AvgIpc) is 2.46. The van der Waals surface area contributed by atoms with Gasteiger partial charge in [-0.05, 0) is 44.5 Å². The summed E-state index contributed by atoms with van der Waals surface area (Å²) < 4.78 is 27.7. The van der Waals surface area contributed by atoms with Crippen LogP contribution in [-0.2, 0) is 6.42 Å². The Hall–Kier alpha value is -1.88. The summed E-state index contributed by atoms with van der Waals surface area (Å²) in [5.74, 6) is -0.405. The van der Waals surface area contributed by atoms with Crippen LogP contribution in [0, 0.1) is 18.6 Å². The van der Waals surface area contributed by atoms with Crippen LogP contribution in [0.4, 0.5) is 8.78 Å². The summed E-state index contributed by atoms with van der Waals surface area (Å²) >= 11 is 0. The largest absolute Gasteiger partial charge is 0.308 e. The van der Waals surface area contributed by atoms with Crippen LogP contribution in [0.25, 0.3) is 0 Å². The lowest BCUT2D eigenvalue weighted by molar-refractivity contribution is 0.481. The zero-order valence-corrected chi connectivity index (χ0v) is 12.2. The first-order chi connectivity index (χ1) is 10.1. The minimum atomic E-state index is -0.524. The molecule has 3 nitrogen and oxygen atoms in total. The van der Waals surface area contributed by atoms with Gasteiger partial charge in [-0.25, -0.2) is 18.7 Å². The van der Waals surface area contributed by atoms with E-state index in [0.717, 1.165) is 18.7 Å². The Kier molecular flexibility index (Phi) is 5.33. The number of hydrogen-bond donors (Lipinski definition) is 1. The van der Waals surface area contributed by atoms with Crippen LogP contribution in [0.5, 0.6) is 0 Å². The van der Waals surface area contributed by atoms with Crippen LogP contribution >= 0.6 is 0 Å². The first kappa shape index (κ1) is 15.5. The first-order valence-electron chi connectivity index (χ1n) is 7.07. The van der Waals surface area contributed by atoms with E-state index in [1.54, 1.807) is 19.2 Å². The Morgan fingerprint density at radius 3 is 2.52 bits per heavy atom. The van der Waals surface area contributed by atoms with Gasteiger partial charge in [0, 0.05) is 11.8 Å². The summed E-state index contributed by atoms with van der Waals surface area (Å²) in [6, 6.07) is 5.47. The molecular weight excluding hydrogens is 272 g/mol. The monoisotopic (exact) mass is 291 g/mol. The van der Waals surface area contributed by atoms with Crippen molar-refractivity contribution in [3.63, 3.8) is 0 Å². The molecule has 0 aliphatic carbocycles. The third-order valence-electron chi connectivity index (χ3n) is 3.27. The number of nitrogens with one attached hydrogen (secondary N) is 1. The van der Waals surface area contributed by atoms with Gasteiger partial charge in [0.1, 0.15) is 17.5 Å². The fraction of sp³-hybridized carbons (Fsp3) is 0.375. The molecule has 112 valence electrons. The summed E-state index contributed by atoms with van der Waals surface area (Å²) in [7, 11) is 0. The highest BCUT2D eigenvalue weighted by Crippen LogP contribution is 2.21. The Morgan fingerprint density at radius 1 is 1.19 bits per heavy atom. The molecule has 0 saturated heterocycles. The zero-order chi connectivity index (χ0) is 15.2. The lowest BCUT2D eigenvalue weighted by Crippen LogP contribution is -2.26. The Morgan fingerprint density at radius 2 is 1.90 bits per heavy atom. The molecule has 0 aliphatic heterocycles. The van der Waals surface area contributed by atoms with Gasteiger partial charge in [0.15, 0.2) is 0 Å². The van der Waals surface area contributed by atoms with Gasteiger partial charge in [0.05, 0.1) is 11.7 Å². The number of aryl methyl sites for hydroxylation is 1. The Labute approximate surface area is 123 Å². The van der Waals surface area contributed by atoms with Gasteiger partial charge >= 0.3 is 0 Å². The van der Waals surface area contributed by atoms with Crippen molar-refractivity contribution >= 4 is 0 Å². The third kappa shape index (κ3) is 4.04. The molecule has 0 fully saturated rings. The molecule has 0 spiro atoms.